The van der Waals surface area contributed by atoms with Gasteiger partial charge in [-0.15, -0.1) is 0 Å². The lowest BCUT2D eigenvalue weighted by Crippen LogP contribution is -2.33. The number of carboxylic acid groups (broad SMARTS) is 1. The molecule has 1 aliphatic heterocycles. The van der Waals surface area contributed by atoms with Crippen LogP contribution in [0.2, 0.25) is 0 Å². The number of imidazole rings is 1. The van der Waals surface area contributed by atoms with Crippen molar-refractivity contribution in [2.24, 2.45) is 0 Å². The summed E-state index contributed by atoms with van der Waals surface area (Å²) in [6.07, 6.45) is 1.69. The van der Waals surface area contributed by atoms with Gasteiger partial charge in [0.15, 0.2) is 0 Å². The molecule has 2 heterocycles. The van der Waals surface area contributed by atoms with Crippen molar-refractivity contribution in [1.29, 1.82) is 0 Å². The SMILES string of the molecule is Cc1ccc(Cn2c(/C=C3\SC(=S)N(CC(=O)O)C3=O)nc3ccccc32)cc1. The predicted molar refractivity (Wildman–Crippen MR) is 118 cm³/mol. The largest absolute Gasteiger partial charge is 0.480 e. The van der Waals surface area contributed by atoms with Gasteiger partial charge >= 0.3 is 5.97 Å². The average Bonchev–Trinajstić information content (AvgIpc) is 3.16. The predicted octanol–water partition coefficient (Wildman–Crippen LogP) is 3.68. The van der Waals surface area contributed by atoms with Crippen LogP contribution in [0.3, 0.4) is 0 Å². The fourth-order valence-corrected chi connectivity index (χ4v) is 4.36. The number of benzene rings is 2. The first-order valence-electron chi connectivity index (χ1n) is 8.90. The number of carbonyl (C=O) groups is 2. The zero-order valence-corrected chi connectivity index (χ0v) is 17.2. The molecule has 1 aliphatic rings. The standard InChI is InChI=1S/C21H17N3O3S2/c1-13-6-8-14(9-7-13)11-23-16-5-3-2-4-15(16)22-18(23)10-17-20(27)24(12-19(25)26)21(28)29-17/h2-10H,11-12H2,1H3,(H,25,26)/b17-10-. The number of aromatic nitrogens is 2. The van der Waals surface area contributed by atoms with Gasteiger partial charge in [0.2, 0.25) is 0 Å². The van der Waals surface area contributed by atoms with E-state index in [9.17, 15) is 9.59 Å². The molecule has 6 nitrogen and oxygen atoms in total. The van der Waals surface area contributed by atoms with Crippen molar-refractivity contribution in [2.45, 2.75) is 13.5 Å². The first-order valence-corrected chi connectivity index (χ1v) is 10.1. The highest BCUT2D eigenvalue weighted by atomic mass is 32.2. The van der Waals surface area contributed by atoms with E-state index in [2.05, 4.69) is 29.2 Å². The molecule has 2 aromatic carbocycles. The molecule has 1 aromatic heterocycles. The second-order valence-corrected chi connectivity index (χ2v) is 8.37. The lowest BCUT2D eigenvalue weighted by atomic mass is 10.1. The number of amides is 1. The monoisotopic (exact) mass is 423 g/mol. The highest BCUT2D eigenvalue weighted by molar-refractivity contribution is 8.26. The number of carboxylic acids is 1. The Hall–Kier alpha value is -2.97. The van der Waals surface area contributed by atoms with Crippen LogP contribution >= 0.6 is 24.0 Å². The zero-order chi connectivity index (χ0) is 20.5. The zero-order valence-electron chi connectivity index (χ0n) is 15.5. The van der Waals surface area contributed by atoms with Crippen LogP contribution in [0, 0.1) is 6.92 Å². The highest BCUT2D eigenvalue weighted by Gasteiger charge is 2.33. The van der Waals surface area contributed by atoms with E-state index < -0.39 is 18.4 Å². The van der Waals surface area contributed by atoms with Gasteiger partial charge in [0.25, 0.3) is 5.91 Å². The fraction of sp³-hybridized carbons (Fsp3) is 0.143. The molecular weight excluding hydrogens is 406 g/mol. The maximum Gasteiger partial charge on any atom is 0.323 e. The van der Waals surface area contributed by atoms with Crippen LogP contribution in [-0.2, 0) is 16.1 Å². The Morgan fingerprint density at radius 2 is 1.93 bits per heavy atom. The van der Waals surface area contributed by atoms with Gasteiger partial charge in [0.05, 0.1) is 15.9 Å². The van der Waals surface area contributed by atoms with E-state index in [1.165, 1.54) is 5.56 Å². The van der Waals surface area contributed by atoms with Crippen LogP contribution in [0.25, 0.3) is 17.1 Å². The van der Waals surface area contributed by atoms with E-state index in [-0.39, 0.29) is 4.32 Å². The summed E-state index contributed by atoms with van der Waals surface area (Å²) < 4.78 is 2.29. The molecule has 146 valence electrons. The number of para-hydroxylation sites is 2. The second kappa shape index (κ2) is 7.81. The number of aliphatic carboxylic acids is 1. The number of fused-ring (bicyclic) bond motifs is 1. The third kappa shape index (κ3) is 3.94. The summed E-state index contributed by atoms with van der Waals surface area (Å²) in [5, 5.41) is 9.01. The van der Waals surface area contributed by atoms with Crippen LogP contribution in [0.4, 0.5) is 0 Å². The summed E-state index contributed by atoms with van der Waals surface area (Å²) in [5.41, 5.74) is 4.09. The maximum absolute atomic E-state index is 12.6. The molecule has 0 spiro atoms. The molecule has 4 rings (SSSR count). The molecule has 0 unspecified atom stereocenters. The summed E-state index contributed by atoms with van der Waals surface area (Å²) >= 11 is 6.28. The Kier molecular flexibility index (Phi) is 5.21. The normalized spacial score (nSPS) is 15.6. The molecule has 29 heavy (non-hydrogen) atoms. The molecule has 8 heteroatoms. The minimum absolute atomic E-state index is 0.241. The lowest BCUT2D eigenvalue weighted by Gasteiger charge is -2.10. The summed E-state index contributed by atoms with van der Waals surface area (Å²) in [4.78, 5) is 29.8. The summed E-state index contributed by atoms with van der Waals surface area (Å²) in [7, 11) is 0. The van der Waals surface area contributed by atoms with Crippen LogP contribution in [-0.4, -0.2) is 42.3 Å². The van der Waals surface area contributed by atoms with Gasteiger partial charge in [-0.3, -0.25) is 14.5 Å². The molecule has 1 saturated heterocycles. The van der Waals surface area contributed by atoms with Crippen LogP contribution < -0.4 is 0 Å². The van der Waals surface area contributed by atoms with Crippen molar-refractivity contribution < 1.29 is 14.7 Å². The summed E-state index contributed by atoms with van der Waals surface area (Å²) in [5.74, 6) is -0.881. The molecule has 1 N–H and O–H groups in total. The van der Waals surface area contributed by atoms with Gasteiger partial charge in [-0.1, -0.05) is 65.9 Å². The van der Waals surface area contributed by atoms with Crippen LogP contribution in [0.1, 0.15) is 17.0 Å². The number of thiocarbonyl (C=S) groups is 1. The van der Waals surface area contributed by atoms with Gasteiger partial charge in [-0.05, 0) is 24.6 Å². The smallest absolute Gasteiger partial charge is 0.323 e. The van der Waals surface area contributed by atoms with Gasteiger partial charge in [0.1, 0.15) is 16.7 Å². The van der Waals surface area contributed by atoms with E-state index in [0.29, 0.717) is 17.3 Å². The van der Waals surface area contributed by atoms with Crippen molar-refractivity contribution in [1.82, 2.24) is 14.5 Å². The first kappa shape index (κ1) is 19.4. The van der Waals surface area contributed by atoms with Gasteiger partial charge in [0, 0.05) is 12.6 Å². The van der Waals surface area contributed by atoms with Crippen LogP contribution in [0.5, 0.6) is 0 Å². The molecule has 0 bridgehead atoms. The van der Waals surface area contributed by atoms with Crippen molar-refractivity contribution in [3.63, 3.8) is 0 Å². The first-order chi connectivity index (χ1) is 13.9. The second-order valence-electron chi connectivity index (χ2n) is 6.69. The Bertz CT molecular complexity index is 1170. The third-order valence-electron chi connectivity index (χ3n) is 4.57. The number of hydrogen-bond acceptors (Lipinski definition) is 5. The summed E-state index contributed by atoms with van der Waals surface area (Å²) in [6.45, 7) is 2.20. The average molecular weight is 424 g/mol. The van der Waals surface area contributed by atoms with Crippen molar-refractivity contribution in [3.05, 3.63) is 70.4 Å². The number of hydrogen-bond donors (Lipinski definition) is 1. The van der Waals surface area contributed by atoms with E-state index >= 15 is 0 Å². The van der Waals surface area contributed by atoms with E-state index in [1.54, 1.807) is 6.08 Å². The Labute approximate surface area is 176 Å². The topological polar surface area (TPSA) is 75.4 Å². The lowest BCUT2D eigenvalue weighted by molar-refractivity contribution is -0.140. The molecule has 0 atom stereocenters. The molecule has 1 amide bonds. The quantitative estimate of drug-likeness (QED) is 0.498. The van der Waals surface area contributed by atoms with Gasteiger partial charge < -0.3 is 9.67 Å². The molecule has 1 fully saturated rings. The Morgan fingerprint density at radius 1 is 1.21 bits per heavy atom. The fourth-order valence-electron chi connectivity index (χ4n) is 3.14. The van der Waals surface area contributed by atoms with E-state index in [0.717, 1.165) is 33.3 Å². The van der Waals surface area contributed by atoms with E-state index in [4.69, 9.17) is 17.3 Å². The summed E-state index contributed by atoms with van der Waals surface area (Å²) in [6, 6.07) is 16.0. The molecule has 0 radical (unpaired) electrons. The number of thioether (sulfide) groups is 1. The number of carbonyl (C=O) groups excluding carboxylic acids is 1. The Balaban J connectivity index is 1.75. The number of rotatable bonds is 5. The molecule has 0 saturated carbocycles. The highest BCUT2D eigenvalue weighted by Crippen LogP contribution is 2.33. The Morgan fingerprint density at radius 3 is 2.66 bits per heavy atom. The number of aryl methyl sites for hydroxylation is 1. The molecule has 0 aliphatic carbocycles. The van der Waals surface area contributed by atoms with Crippen LogP contribution in [0.15, 0.2) is 53.4 Å². The van der Waals surface area contributed by atoms with Crippen molar-refractivity contribution in [2.75, 3.05) is 6.54 Å². The minimum Gasteiger partial charge on any atom is -0.480 e. The maximum atomic E-state index is 12.6. The van der Waals surface area contributed by atoms with Gasteiger partial charge in [-0.25, -0.2) is 4.98 Å². The van der Waals surface area contributed by atoms with Crippen molar-refractivity contribution >= 4 is 57.3 Å². The van der Waals surface area contributed by atoms with Crippen molar-refractivity contribution in [3.8, 4) is 0 Å². The van der Waals surface area contributed by atoms with Gasteiger partial charge in [-0.2, -0.15) is 0 Å². The minimum atomic E-state index is -1.10. The molecule has 3 aromatic rings. The third-order valence-corrected chi connectivity index (χ3v) is 5.95. The molecular formula is C21H17N3O3S2. The number of nitrogens with zero attached hydrogens (tertiary/aromatic N) is 3. The van der Waals surface area contributed by atoms with E-state index in [1.807, 2.05) is 35.8 Å².